The summed E-state index contributed by atoms with van der Waals surface area (Å²) in [5.41, 5.74) is -0.313. The Morgan fingerprint density at radius 3 is 2.39 bits per heavy atom. The van der Waals surface area contributed by atoms with Gasteiger partial charge in [-0.2, -0.15) is 5.06 Å². The number of carbonyl (C=O) groups excluding carboxylic acids is 4. The molecule has 15 nitrogen and oxygen atoms in total. The number of carbonyl (C=O) groups is 4. The summed E-state index contributed by atoms with van der Waals surface area (Å²) in [4.78, 5) is 60.3. The molecule has 1 aromatic rings. The van der Waals surface area contributed by atoms with E-state index in [9.17, 15) is 24.3 Å². The smallest absolute Gasteiger partial charge is 0.327 e. The van der Waals surface area contributed by atoms with E-state index in [-0.39, 0.29) is 70.4 Å². The molecule has 0 radical (unpaired) electrons. The van der Waals surface area contributed by atoms with Crippen LogP contribution >= 0.6 is 0 Å². The van der Waals surface area contributed by atoms with Gasteiger partial charge in [0.25, 0.3) is 0 Å². The summed E-state index contributed by atoms with van der Waals surface area (Å²) < 4.78 is 30.3. The Hall–Kier alpha value is -3.60. The molecular formula is C39H53N3O12. The maximum atomic E-state index is 14.5. The Morgan fingerprint density at radius 1 is 1.04 bits per heavy atom. The number of rotatable bonds is 17. The highest BCUT2D eigenvalue weighted by Gasteiger charge is 2.78. The van der Waals surface area contributed by atoms with E-state index in [1.54, 1.807) is 31.9 Å². The highest BCUT2D eigenvalue weighted by Crippen LogP contribution is 2.63. The minimum Gasteiger partial charge on any atom is -0.499 e. The van der Waals surface area contributed by atoms with Crippen LogP contribution in [0, 0.1) is 17.3 Å². The molecule has 6 fully saturated rings. The van der Waals surface area contributed by atoms with Crippen molar-refractivity contribution in [3.8, 4) is 0 Å². The summed E-state index contributed by atoms with van der Waals surface area (Å²) >= 11 is 0. The molecule has 3 aliphatic carbocycles. The SMILES string of the molecule is CC(C)(C)OC(=O)CCC(CO)NC(=O)CCNC(=O)C12CC3OC(=O)C1N(Cc1ccc(C=COCCO)cc1)OC2C1OC(C2CC2)(C2CC2)OC31. The van der Waals surface area contributed by atoms with Crippen molar-refractivity contribution in [1.29, 1.82) is 0 Å². The van der Waals surface area contributed by atoms with Crippen molar-refractivity contribution in [2.45, 2.75) is 127 Å². The lowest BCUT2D eigenvalue weighted by Gasteiger charge is -2.48. The van der Waals surface area contributed by atoms with Crippen LogP contribution in [0.1, 0.15) is 83.3 Å². The van der Waals surface area contributed by atoms with Crippen molar-refractivity contribution >= 4 is 29.8 Å². The maximum Gasteiger partial charge on any atom is 0.327 e. The Kier molecular flexibility index (Phi) is 11.1. The first-order chi connectivity index (χ1) is 25.9. The number of esters is 2. The van der Waals surface area contributed by atoms with Gasteiger partial charge in [0.05, 0.1) is 32.1 Å². The number of hydrogen-bond acceptors (Lipinski definition) is 13. The summed E-state index contributed by atoms with van der Waals surface area (Å²) in [7, 11) is 0. The predicted molar refractivity (Wildman–Crippen MR) is 189 cm³/mol. The maximum absolute atomic E-state index is 14.5. The predicted octanol–water partition coefficient (Wildman–Crippen LogP) is 1.87. The lowest BCUT2D eigenvalue weighted by atomic mass is 9.62. The van der Waals surface area contributed by atoms with Crippen LogP contribution in [0.3, 0.4) is 0 Å². The van der Waals surface area contributed by atoms with Crippen molar-refractivity contribution in [2.24, 2.45) is 17.3 Å². The van der Waals surface area contributed by atoms with Gasteiger partial charge in [0.1, 0.15) is 42.0 Å². The first-order valence-corrected chi connectivity index (χ1v) is 19.2. The minimum absolute atomic E-state index is 0.0247. The van der Waals surface area contributed by atoms with Crippen LogP contribution in [-0.2, 0) is 54.2 Å². The molecule has 0 spiro atoms. The Bertz CT molecular complexity index is 1580. The van der Waals surface area contributed by atoms with Gasteiger partial charge in [-0.15, -0.1) is 0 Å². The topological polar surface area (TPSA) is 191 Å². The Balaban J connectivity index is 1.06. The molecule has 6 aliphatic rings. The number of benzene rings is 1. The number of fused-ring (bicyclic) bond motifs is 4. The Morgan fingerprint density at radius 2 is 1.74 bits per heavy atom. The lowest BCUT2D eigenvalue weighted by molar-refractivity contribution is -0.235. The van der Waals surface area contributed by atoms with Gasteiger partial charge in [0.15, 0.2) is 11.8 Å². The first-order valence-electron chi connectivity index (χ1n) is 19.2. The fourth-order valence-electron chi connectivity index (χ4n) is 8.48. The summed E-state index contributed by atoms with van der Waals surface area (Å²) in [6, 6.07) is 5.84. The number of hydroxylamine groups is 2. The average Bonchev–Trinajstić information content (AvgIpc) is 4.07. The second kappa shape index (κ2) is 15.5. The fraction of sp³-hybridized carbons (Fsp3) is 0.692. The number of aliphatic hydroxyl groups excluding tert-OH is 2. The highest BCUT2D eigenvalue weighted by atomic mass is 16.8. The molecule has 3 saturated heterocycles. The highest BCUT2D eigenvalue weighted by molar-refractivity contribution is 5.94. The molecule has 15 heteroatoms. The molecule has 7 atom stereocenters. The third-order valence-corrected chi connectivity index (χ3v) is 11.1. The quantitative estimate of drug-likeness (QED) is 0.103. The number of amides is 2. The van der Waals surface area contributed by atoms with Crippen molar-refractivity contribution in [2.75, 3.05) is 26.4 Å². The van der Waals surface area contributed by atoms with Crippen molar-refractivity contribution in [3.05, 3.63) is 41.7 Å². The van der Waals surface area contributed by atoms with Crippen LogP contribution in [-0.4, -0.2) is 113 Å². The summed E-state index contributed by atoms with van der Waals surface area (Å²) in [6.45, 7) is 5.20. The second-order valence-electron chi connectivity index (χ2n) is 16.4. The van der Waals surface area contributed by atoms with E-state index in [4.69, 9.17) is 33.6 Å². The number of ether oxygens (including phenoxy) is 5. The number of aliphatic hydroxyl groups is 2. The first kappa shape index (κ1) is 38.7. The zero-order chi connectivity index (χ0) is 38.3. The molecule has 2 bridgehead atoms. The van der Waals surface area contributed by atoms with E-state index in [0.717, 1.165) is 36.8 Å². The monoisotopic (exact) mass is 755 g/mol. The van der Waals surface area contributed by atoms with Gasteiger partial charge in [0, 0.05) is 37.6 Å². The number of hydrogen-bond donors (Lipinski definition) is 4. The minimum atomic E-state index is -1.38. The molecule has 7 unspecified atom stereocenters. The lowest BCUT2D eigenvalue weighted by Crippen LogP contribution is -2.69. The molecule has 3 saturated carbocycles. The van der Waals surface area contributed by atoms with Gasteiger partial charge < -0.3 is 44.5 Å². The number of nitrogens with one attached hydrogen (secondary N) is 2. The normalized spacial score (nSPS) is 30.4. The van der Waals surface area contributed by atoms with E-state index in [0.29, 0.717) is 0 Å². The van der Waals surface area contributed by atoms with Gasteiger partial charge >= 0.3 is 11.9 Å². The van der Waals surface area contributed by atoms with Crippen LogP contribution in [0.2, 0.25) is 0 Å². The molecule has 0 aromatic heterocycles. The van der Waals surface area contributed by atoms with E-state index in [2.05, 4.69) is 10.6 Å². The van der Waals surface area contributed by atoms with E-state index in [1.165, 1.54) is 6.26 Å². The van der Waals surface area contributed by atoms with Crippen LogP contribution in [0.5, 0.6) is 0 Å². The molecule has 296 valence electrons. The van der Waals surface area contributed by atoms with Crippen molar-refractivity contribution < 1.29 is 57.9 Å². The van der Waals surface area contributed by atoms with Crippen LogP contribution in [0.25, 0.3) is 6.08 Å². The third kappa shape index (κ3) is 7.89. The molecule has 3 aliphatic heterocycles. The van der Waals surface area contributed by atoms with E-state index < -0.39 is 77.1 Å². The van der Waals surface area contributed by atoms with Gasteiger partial charge in [-0.1, -0.05) is 24.3 Å². The summed E-state index contributed by atoms with van der Waals surface area (Å²) in [6.07, 6.45) is 4.77. The summed E-state index contributed by atoms with van der Waals surface area (Å²) in [5, 5.41) is 26.0. The third-order valence-electron chi connectivity index (χ3n) is 11.1. The van der Waals surface area contributed by atoms with Gasteiger partial charge in [-0.05, 0) is 70.1 Å². The van der Waals surface area contributed by atoms with Gasteiger partial charge in [-0.3, -0.25) is 24.0 Å². The molecule has 2 amide bonds. The zero-order valence-electron chi connectivity index (χ0n) is 31.2. The van der Waals surface area contributed by atoms with Crippen LogP contribution in [0.15, 0.2) is 30.5 Å². The second-order valence-corrected chi connectivity index (χ2v) is 16.4. The van der Waals surface area contributed by atoms with Gasteiger partial charge in [-0.25, -0.2) is 0 Å². The van der Waals surface area contributed by atoms with Gasteiger partial charge in [0.2, 0.25) is 11.8 Å². The van der Waals surface area contributed by atoms with Crippen LogP contribution < -0.4 is 10.6 Å². The Labute approximate surface area is 314 Å². The number of nitrogens with zero attached hydrogens (tertiary/aromatic N) is 1. The molecule has 1 aromatic carbocycles. The van der Waals surface area contributed by atoms with Crippen molar-refractivity contribution in [1.82, 2.24) is 15.7 Å². The van der Waals surface area contributed by atoms with E-state index in [1.807, 2.05) is 24.3 Å². The molecule has 3 heterocycles. The molecule has 4 N–H and O–H groups in total. The molecular weight excluding hydrogens is 702 g/mol. The summed E-state index contributed by atoms with van der Waals surface area (Å²) in [5.74, 6) is -2.13. The average molecular weight is 756 g/mol. The molecule has 54 heavy (non-hydrogen) atoms. The van der Waals surface area contributed by atoms with E-state index >= 15 is 0 Å². The zero-order valence-corrected chi connectivity index (χ0v) is 31.2. The van der Waals surface area contributed by atoms with Crippen molar-refractivity contribution in [3.63, 3.8) is 0 Å². The largest absolute Gasteiger partial charge is 0.499 e. The fourth-order valence-corrected chi connectivity index (χ4v) is 8.48. The standard InChI is InChI=1S/C39H53N3O12/c1-37(2,3)51-30(46)13-12-27(22-44)41-29(45)14-16-40-36(48)38-20-28-31-32(53-39(52-31,25-8-9-25)26-10-11-26)34(38)54-42(33(38)35(47)50-28)21-24-6-4-23(5-7-24)15-18-49-19-17-43/h4-7,15,18,25-28,31-34,43-44H,8-14,16-17,19-22H2,1-3H3,(H,40,48)(H,41,45). The van der Waals surface area contributed by atoms with Crippen LogP contribution in [0.4, 0.5) is 0 Å². The molecule has 7 rings (SSSR count).